The van der Waals surface area contributed by atoms with E-state index in [1.165, 1.54) is 22.8 Å². The minimum absolute atomic E-state index is 0. The van der Waals surface area contributed by atoms with Crippen LogP contribution in [0.5, 0.6) is 0 Å². The molecule has 8 heteroatoms. The van der Waals surface area contributed by atoms with Crippen LogP contribution in [-0.4, -0.2) is 60.6 Å². The molecule has 0 aliphatic carbocycles. The summed E-state index contributed by atoms with van der Waals surface area (Å²) >= 11 is 3.78. The molecule has 2 heterocycles. The first-order valence-electron chi connectivity index (χ1n) is 7.59. The van der Waals surface area contributed by atoms with E-state index >= 15 is 0 Å². The maximum absolute atomic E-state index is 4.56. The second kappa shape index (κ2) is 9.43. The molecule has 23 heavy (non-hydrogen) atoms. The number of hydrogen-bond donors (Lipinski definition) is 2. The number of guanidine groups is 1. The third-order valence-corrected chi connectivity index (χ3v) is 6.63. The van der Waals surface area contributed by atoms with Gasteiger partial charge in [-0.05, 0) is 40.1 Å². The van der Waals surface area contributed by atoms with Crippen LogP contribution >= 0.6 is 47.1 Å². The molecule has 1 atom stereocenters. The van der Waals surface area contributed by atoms with Crippen molar-refractivity contribution < 1.29 is 0 Å². The number of nitrogens with one attached hydrogen (secondary N) is 2. The number of aryl methyl sites for hydroxylation is 2. The summed E-state index contributed by atoms with van der Waals surface area (Å²) < 4.78 is 0. The van der Waals surface area contributed by atoms with Crippen LogP contribution in [0, 0.1) is 13.8 Å². The number of aromatic nitrogens is 1. The number of aliphatic imine (C=N–C) groups is 1. The molecule has 1 unspecified atom stereocenters. The standard InChI is InChI=1S/C15H27N5S2.HI/c1-11-12(2)22-13(19-11)8-17-14(16-3)18-9-15(20(4)5)6-7-21-10-15;/h6-10H2,1-5H3,(H2,16,17,18);1H. The van der Waals surface area contributed by atoms with Crippen LogP contribution in [0.4, 0.5) is 0 Å². The Kier molecular flexibility index (Phi) is 8.60. The monoisotopic (exact) mass is 469 g/mol. The highest BCUT2D eigenvalue weighted by atomic mass is 127. The number of thiazole rings is 1. The van der Waals surface area contributed by atoms with E-state index < -0.39 is 0 Å². The van der Waals surface area contributed by atoms with Gasteiger partial charge in [0.25, 0.3) is 0 Å². The van der Waals surface area contributed by atoms with Gasteiger partial charge in [0.05, 0.1) is 12.2 Å². The molecule has 0 aromatic carbocycles. The number of hydrogen-bond acceptors (Lipinski definition) is 5. The number of thioether (sulfide) groups is 1. The van der Waals surface area contributed by atoms with Crippen molar-refractivity contribution in [1.82, 2.24) is 20.5 Å². The highest BCUT2D eigenvalue weighted by Crippen LogP contribution is 2.31. The first-order valence-corrected chi connectivity index (χ1v) is 9.56. The minimum atomic E-state index is 0. The normalized spacial score (nSPS) is 21.4. The zero-order valence-electron chi connectivity index (χ0n) is 14.6. The lowest BCUT2D eigenvalue weighted by Gasteiger charge is -2.36. The van der Waals surface area contributed by atoms with E-state index in [1.54, 1.807) is 11.3 Å². The lowest BCUT2D eigenvalue weighted by Crippen LogP contribution is -2.54. The van der Waals surface area contributed by atoms with E-state index in [2.05, 4.69) is 53.5 Å². The second-order valence-electron chi connectivity index (χ2n) is 5.95. The fourth-order valence-electron chi connectivity index (χ4n) is 2.49. The quantitative estimate of drug-likeness (QED) is 0.394. The zero-order valence-corrected chi connectivity index (χ0v) is 18.6. The van der Waals surface area contributed by atoms with Crippen LogP contribution in [0.3, 0.4) is 0 Å². The average Bonchev–Trinajstić information content (AvgIpc) is 3.08. The SMILES string of the molecule is CN=C(NCc1nc(C)c(C)s1)NCC1(N(C)C)CCSC1.I. The molecule has 1 aliphatic heterocycles. The van der Waals surface area contributed by atoms with Gasteiger partial charge in [0.15, 0.2) is 5.96 Å². The Bertz CT molecular complexity index is 504. The molecule has 1 aromatic rings. The van der Waals surface area contributed by atoms with Crippen molar-refractivity contribution in [3.05, 3.63) is 15.6 Å². The predicted octanol–water partition coefficient (Wildman–Crippen LogP) is 2.48. The van der Waals surface area contributed by atoms with Gasteiger partial charge < -0.3 is 15.5 Å². The van der Waals surface area contributed by atoms with Crippen LogP contribution in [0.1, 0.15) is 22.0 Å². The van der Waals surface area contributed by atoms with Gasteiger partial charge >= 0.3 is 0 Å². The maximum atomic E-state index is 4.56. The molecule has 132 valence electrons. The highest BCUT2D eigenvalue weighted by Gasteiger charge is 2.36. The molecule has 2 N–H and O–H groups in total. The summed E-state index contributed by atoms with van der Waals surface area (Å²) in [7, 11) is 6.16. The zero-order chi connectivity index (χ0) is 16.2. The Hall–Kier alpha value is -0.0600. The summed E-state index contributed by atoms with van der Waals surface area (Å²) in [6, 6.07) is 0. The number of likely N-dealkylation sites (N-methyl/N-ethyl adjacent to an activating group) is 1. The van der Waals surface area contributed by atoms with E-state index in [0.717, 1.165) is 29.8 Å². The smallest absolute Gasteiger partial charge is 0.191 e. The molecule has 0 spiro atoms. The van der Waals surface area contributed by atoms with Crippen LogP contribution in [0.15, 0.2) is 4.99 Å². The predicted molar refractivity (Wildman–Crippen MR) is 114 cm³/mol. The van der Waals surface area contributed by atoms with E-state index in [1.807, 2.05) is 18.8 Å². The molecule has 0 bridgehead atoms. The number of nitrogens with zero attached hydrogens (tertiary/aromatic N) is 3. The Labute approximate surface area is 165 Å². The molecule has 1 fully saturated rings. The van der Waals surface area contributed by atoms with Gasteiger partial charge in [0, 0.05) is 29.8 Å². The van der Waals surface area contributed by atoms with Crippen molar-refractivity contribution in [2.45, 2.75) is 32.4 Å². The van der Waals surface area contributed by atoms with E-state index in [-0.39, 0.29) is 29.5 Å². The maximum Gasteiger partial charge on any atom is 0.191 e. The lowest BCUT2D eigenvalue weighted by atomic mass is 9.97. The largest absolute Gasteiger partial charge is 0.355 e. The lowest BCUT2D eigenvalue weighted by molar-refractivity contribution is 0.183. The summed E-state index contributed by atoms with van der Waals surface area (Å²) in [6.07, 6.45) is 1.22. The fraction of sp³-hybridized carbons (Fsp3) is 0.733. The van der Waals surface area contributed by atoms with Crippen molar-refractivity contribution in [2.24, 2.45) is 4.99 Å². The Balaban J connectivity index is 0.00000264. The van der Waals surface area contributed by atoms with Gasteiger partial charge in [-0.25, -0.2) is 4.98 Å². The van der Waals surface area contributed by atoms with Gasteiger partial charge in [-0.2, -0.15) is 11.8 Å². The molecule has 0 radical (unpaired) electrons. The highest BCUT2D eigenvalue weighted by molar-refractivity contribution is 14.0. The number of rotatable bonds is 5. The third-order valence-electron chi connectivity index (χ3n) is 4.32. The summed E-state index contributed by atoms with van der Waals surface area (Å²) in [5.41, 5.74) is 1.36. The number of halogens is 1. The van der Waals surface area contributed by atoms with Gasteiger partial charge in [0.2, 0.25) is 0 Å². The molecule has 0 amide bonds. The topological polar surface area (TPSA) is 52.6 Å². The van der Waals surface area contributed by atoms with Crippen LogP contribution < -0.4 is 10.6 Å². The molecular formula is C15H28IN5S2. The molecule has 2 rings (SSSR count). The third kappa shape index (κ3) is 5.47. The summed E-state index contributed by atoms with van der Waals surface area (Å²) in [5, 5.41) is 7.96. The van der Waals surface area contributed by atoms with Crippen LogP contribution in [-0.2, 0) is 6.54 Å². The van der Waals surface area contributed by atoms with E-state index in [0.29, 0.717) is 0 Å². The second-order valence-corrected chi connectivity index (χ2v) is 8.34. The fourth-order valence-corrected chi connectivity index (χ4v) is 4.92. The summed E-state index contributed by atoms with van der Waals surface area (Å²) in [5.74, 6) is 3.27. The Morgan fingerprint density at radius 2 is 2.09 bits per heavy atom. The van der Waals surface area contributed by atoms with Crippen LogP contribution in [0.25, 0.3) is 0 Å². The van der Waals surface area contributed by atoms with E-state index in [4.69, 9.17) is 0 Å². The molecule has 1 saturated heterocycles. The van der Waals surface area contributed by atoms with Gasteiger partial charge in [-0.3, -0.25) is 4.99 Å². The molecule has 1 aliphatic rings. The first-order chi connectivity index (χ1) is 10.5. The van der Waals surface area contributed by atoms with Crippen molar-refractivity contribution in [3.63, 3.8) is 0 Å². The van der Waals surface area contributed by atoms with Crippen molar-refractivity contribution >= 4 is 53.0 Å². The van der Waals surface area contributed by atoms with Crippen molar-refractivity contribution in [2.75, 3.05) is 39.2 Å². The molecule has 1 aromatic heterocycles. The van der Waals surface area contributed by atoms with Crippen molar-refractivity contribution in [1.29, 1.82) is 0 Å². The molecular weight excluding hydrogens is 441 g/mol. The van der Waals surface area contributed by atoms with Crippen LogP contribution in [0.2, 0.25) is 0 Å². The van der Waals surface area contributed by atoms with Gasteiger partial charge in [0.1, 0.15) is 5.01 Å². The molecule has 5 nitrogen and oxygen atoms in total. The van der Waals surface area contributed by atoms with Crippen molar-refractivity contribution in [3.8, 4) is 0 Å². The summed E-state index contributed by atoms with van der Waals surface area (Å²) in [6.45, 7) is 5.81. The Morgan fingerprint density at radius 3 is 2.57 bits per heavy atom. The minimum Gasteiger partial charge on any atom is -0.355 e. The Morgan fingerprint density at radius 1 is 1.35 bits per heavy atom. The summed E-state index contributed by atoms with van der Waals surface area (Å²) in [4.78, 5) is 12.5. The van der Waals surface area contributed by atoms with Gasteiger partial charge in [-0.15, -0.1) is 35.3 Å². The average molecular weight is 469 g/mol. The van der Waals surface area contributed by atoms with Gasteiger partial charge in [-0.1, -0.05) is 0 Å². The first kappa shape index (κ1) is 21.0. The molecule has 0 saturated carbocycles. The van der Waals surface area contributed by atoms with E-state index in [9.17, 15) is 0 Å².